The summed E-state index contributed by atoms with van der Waals surface area (Å²) in [6.45, 7) is 3.48. The number of aliphatic hydroxyl groups excluding tert-OH is 7. The summed E-state index contributed by atoms with van der Waals surface area (Å²) in [6.07, 6.45) is -2.94. The van der Waals surface area contributed by atoms with Crippen LogP contribution in [0, 0.1) is 0 Å². The lowest BCUT2D eigenvalue weighted by atomic mass is 9.98. The third-order valence-corrected chi connectivity index (χ3v) is 8.37. The molecule has 0 aromatic rings. The first-order valence-electron chi connectivity index (χ1n) is 17.1. The van der Waals surface area contributed by atoms with Crippen molar-refractivity contribution < 1.29 is 69.0 Å². The highest BCUT2D eigenvalue weighted by Crippen LogP contribution is 2.26. The van der Waals surface area contributed by atoms with Crippen LogP contribution in [0.5, 0.6) is 0 Å². The molecular formula is C32H60O14. The fourth-order valence-electron chi connectivity index (χ4n) is 5.40. The topological polar surface area (TPSA) is 214 Å². The van der Waals surface area contributed by atoms with Crippen molar-refractivity contribution in [3.63, 3.8) is 0 Å². The number of esters is 1. The Morgan fingerprint density at radius 2 is 1.15 bits per heavy atom. The molecule has 2 aliphatic heterocycles. The van der Waals surface area contributed by atoms with Crippen molar-refractivity contribution in [1.29, 1.82) is 0 Å². The van der Waals surface area contributed by atoms with Crippen molar-refractivity contribution in [1.82, 2.24) is 0 Å². The van der Waals surface area contributed by atoms with Crippen molar-refractivity contribution in [2.75, 3.05) is 33.0 Å². The molecule has 11 atom stereocenters. The second-order valence-corrected chi connectivity index (χ2v) is 12.4. The average Bonchev–Trinajstić information content (AvgIpc) is 3.05. The number of hydrogen-bond acceptors (Lipinski definition) is 14. The van der Waals surface area contributed by atoms with Crippen molar-refractivity contribution in [3.05, 3.63) is 0 Å². The molecule has 0 aromatic heterocycles. The third kappa shape index (κ3) is 14.2. The molecule has 272 valence electrons. The lowest BCUT2D eigenvalue weighted by Crippen LogP contribution is -2.61. The van der Waals surface area contributed by atoms with Gasteiger partial charge in [0.05, 0.1) is 26.4 Å². The number of rotatable bonds is 24. The van der Waals surface area contributed by atoms with Gasteiger partial charge in [-0.25, -0.2) is 0 Å². The Hall–Kier alpha value is -1.01. The number of ether oxygens (including phenoxy) is 6. The zero-order valence-corrected chi connectivity index (χ0v) is 27.6. The van der Waals surface area contributed by atoms with Crippen LogP contribution < -0.4 is 0 Å². The minimum atomic E-state index is -1.69. The van der Waals surface area contributed by atoms with Crippen molar-refractivity contribution >= 4 is 5.97 Å². The fourth-order valence-corrected chi connectivity index (χ4v) is 5.40. The standard InChI is InChI=1S/C32H60O14/c1-3-5-7-9-10-11-12-14-16-41-18-21(44-24(34)15-13-8-6-4-2)19-42-31-30(40)28(38)26(36)23(46-31)20-43-32-29(39)27(37)25(35)22(17-33)45-32/h21-23,25-33,35-40H,3-20H2,1-2H3. The van der Waals surface area contributed by atoms with Crippen LogP contribution in [0.1, 0.15) is 97.3 Å². The predicted octanol–water partition coefficient (Wildman–Crippen LogP) is 0.667. The van der Waals surface area contributed by atoms with Gasteiger partial charge < -0.3 is 64.2 Å². The van der Waals surface area contributed by atoms with E-state index in [4.69, 9.17) is 28.4 Å². The second-order valence-electron chi connectivity index (χ2n) is 12.4. The molecule has 7 N–H and O–H groups in total. The van der Waals surface area contributed by atoms with Gasteiger partial charge >= 0.3 is 5.97 Å². The van der Waals surface area contributed by atoms with E-state index >= 15 is 0 Å². The van der Waals surface area contributed by atoms with Gasteiger partial charge in [0, 0.05) is 13.0 Å². The zero-order valence-electron chi connectivity index (χ0n) is 27.6. The predicted molar refractivity (Wildman–Crippen MR) is 164 cm³/mol. The number of hydrogen-bond donors (Lipinski definition) is 7. The van der Waals surface area contributed by atoms with E-state index < -0.39 is 86.7 Å². The first kappa shape index (κ1) is 41.2. The molecular weight excluding hydrogens is 608 g/mol. The molecule has 0 radical (unpaired) electrons. The summed E-state index contributed by atoms with van der Waals surface area (Å²) in [4.78, 5) is 12.5. The molecule has 0 saturated carbocycles. The van der Waals surface area contributed by atoms with Crippen LogP contribution in [0.2, 0.25) is 0 Å². The van der Waals surface area contributed by atoms with E-state index in [2.05, 4.69) is 13.8 Å². The van der Waals surface area contributed by atoms with E-state index in [1.807, 2.05) is 0 Å². The van der Waals surface area contributed by atoms with Gasteiger partial charge in [-0.1, -0.05) is 78.1 Å². The maximum absolute atomic E-state index is 12.5. The summed E-state index contributed by atoms with van der Waals surface area (Å²) in [6, 6.07) is 0. The smallest absolute Gasteiger partial charge is 0.306 e. The molecule has 2 rings (SSSR count). The van der Waals surface area contributed by atoms with Gasteiger partial charge in [0.2, 0.25) is 0 Å². The van der Waals surface area contributed by atoms with E-state index in [1.54, 1.807) is 0 Å². The summed E-state index contributed by atoms with van der Waals surface area (Å²) >= 11 is 0. The summed E-state index contributed by atoms with van der Waals surface area (Å²) in [5.74, 6) is -0.397. The molecule has 14 nitrogen and oxygen atoms in total. The van der Waals surface area contributed by atoms with E-state index in [0.29, 0.717) is 13.0 Å². The second kappa shape index (κ2) is 23.4. The summed E-state index contributed by atoms with van der Waals surface area (Å²) < 4.78 is 33.6. The minimum absolute atomic E-state index is 0.0643. The van der Waals surface area contributed by atoms with Crippen LogP contribution >= 0.6 is 0 Å². The monoisotopic (exact) mass is 668 g/mol. The first-order valence-corrected chi connectivity index (χ1v) is 17.1. The van der Waals surface area contributed by atoms with Gasteiger partial charge in [-0.05, 0) is 12.8 Å². The van der Waals surface area contributed by atoms with Crippen LogP contribution in [0.3, 0.4) is 0 Å². The van der Waals surface area contributed by atoms with Gasteiger partial charge in [-0.15, -0.1) is 0 Å². The van der Waals surface area contributed by atoms with Crippen molar-refractivity contribution in [2.24, 2.45) is 0 Å². The molecule has 0 amide bonds. The zero-order chi connectivity index (χ0) is 33.9. The summed E-state index contributed by atoms with van der Waals surface area (Å²) in [5, 5.41) is 71.1. The molecule has 2 fully saturated rings. The number of aliphatic hydroxyl groups is 7. The Kier molecular flexibility index (Phi) is 20.9. The number of unbranched alkanes of at least 4 members (excludes halogenated alkanes) is 10. The Bertz CT molecular complexity index is 788. The highest BCUT2D eigenvalue weighted by atomic mass is 16.7. The number of carbonyl (C=O) groups is 1. The third-order valence-electron chi connectivity index (χ3n) is 8.37. The highest BCUT2D eigenvalue weighted by molar-refractivity contribution is 5.69. The minimum Gasteiger partial charge on any atom is -0.457 e. The molecule has 0 aromatic carbocycles. The lowest BCUT2D eigenvalue weighted by Gasteiger charge is -2.42. The van der Waals surface area contributed by atoms with Gasteiger partial charge in [-0.2, -0.15) is 0 Å². The molecule has 2 heterocycles. The van der Waals surface area contributed by atoms with Crippen molar-refractivity contribution in [3.8, 4) is 0 Å². The number of carbonyl (C=O) groups excluding carboxylic acids is 1. The fraction of sp³-hybridized carbons (Fsp3) is 0.969. The van der Waals surface area contributed by atoms with Gasteiger partial charge in [0.15, 0.2) is 12.6 Å². The summed E-state index contributed by atoms with van der Waals surface area (Å²) in [7, 11) is 0. The lowest BCUT2D eigenvalue weighted by molar-refractivity contribution is -0.332. The molecule has 0 aliphatic carbocycles. The molecule has 46 heavy (non-hydrogen) atoms. The summed E-state index contributed by atoms with van der Waals surface area (Å²) in [5.41, 5.74) is 0. The van der Waals surface area contributed by atoms with E-state index in [0.717, 1.165) is 38.5 Å². The maximum atomic E-state index is 12.5. The largest absolute Gasteiger partial charge is 0.457 e. The Morgan fingerprint density at radius 3 is 1.76 bits per heavy atom. The van der Waals surface area contributed by atoms with Crippen LogP contribution in [0.15, 0.2) is 0 Å². The van der Waals surface area contributed by atoms with Crippen LogP contribution in [0.25, 0.3) is 0 Å². The van der Waals surface area contributed by atoms with Crippen molar-refractivity contribution in [2.45, 2.75) is 165 Å². The van der Waals surface area contributed by atoms with Gasteiger partial charge in [0.1, 0.15) is 54.9 Å². The normalized spacial score (nSPS) is 32.4. The molecule has 0 bridgehead atoms. The van der Waals surface area contributed by atoms with E-state index in [1.165, 1.54) is 32.1 Å². The van der Waals surface area contributed by atoms with E-state index in [9.17, 15) is 40.5 Å². The van der Waals surface area contributed by atoms with Crippen LogP contribution in [-0.4, -0.2) is 142 Å². The van der Waals surface area contributed by atoms with Crippen LogP contribution in [0.4, 0.5) is 0 Å². The molecule has 2 saturated heterocycles. The quantitative estimate of drug-likeness (QED) is 0.0556. The molecule has 14 heteroatoms. The molecule has 11 unspecified atom stereocenters. The SMILES string of the molecule is CCCCCCCCCCOCC(COC1OC(COC2OC(CO)C(O)C(O)C2O)C(O)C(O)C1O)OC(=O)CCCCCC. The van der Waals surface area contributed by atoms with E-state index in [-0.39, 0.29) is 19.6 Å². The Labute approximate surface area is 272 Å². The molecule has 0 spiro atoms. The Morgan fingerprint density at radius 1 is 0.630 bits per heavy atom. The Balaban J connectivity index is 1.90. The first-order chi connectivity index (χ1) is 22.1. The average molecular weight is 669 g/mol. The van der Waals surface area contributed by atoms with Gasteiger partial charge in [0.25, 0.3) is 0 Å². The van der Waals surface area contributed by atoms with Gasteiger partial charge in [-0.3, -0.25) is 4.79 Å². The highest BCUT2D eigenvalue weighted by Gasteiger charge is 2.47. The molecule has 2 aliphatic rings. The maximum Gasteiger partial charge on any atom is 0.306 e. The van der Waals surface area contributed by atoms with Crippen LogP contribution in [-0.2, 0) is 33.2 Å².